The smallest absolute Gasteiger partial charge is 0.177 e. The van der Waals surface area contributed by atoms with Gasteiger partial charge in [-0.05, 0) is 29.7 Å². The fourth-order valence-electron chi connectivity index (χ4n) is 3.19. The maximum Gasteiger partial charge on any atom is 0.177 e. The predicted molar refractivity (Wildman–Crippen MR) is 97.5 cm³/mol. The van der Waals surface area contributed by atoms with Gasteiger partial charge in [0.1, 0.15) is 0 Å². The van der Waals surface area contributed by atoms with Crippen LogP contribution in [0.4, 0.5) is 0 Å². The van der Waals surface area contributed by atoms with E-state index in [0.29, 0.717) is 5.71 Å². The molecule has 0 spiro atoms. The number of nitrogens with zero attached hydrogens (tertiary/aromatic N) is 2. The van der Waals surface area contributed by atoms with Crippen molar-refractivity contribution in [3.05, 3.63) is 89.5 Å². The third-order valence-corrected chi connectivity index (χ3v) is 4.42. The zero-order valence-corrected chi connectivity index (χ0v) is 13.3. The van der Waals surface area contributed by atoms with Crippen LogP contribution in [0.3, 0.4) is 0 Å². The summed E-state index contributed by atoms with van der Waals surface area (Å²) >= 11 is 0. The summed E-state index contributed by atoms with van der Waals surface area (Å²) < 4.78 is 0. The Balaban J connectivity index is 1.71. The molecule has 2 aromatic rings. The molecule has 0 aliphatic heterocycles. The Morgan fingerprint density at radius 3 is 2.46 bits per heavy atom. The van der Waals surface area contributed by atoms with Crippen LogP contribution in [-0.2, 0) is 0 Å². The summed E-state index contributed by atoms with van der Waals surface area (Å²) in [5, 5.41) is 8.74. The molecule has 0 fully saturated rings. The van der Waals surface area contributed by atoms with Crippen molar-refractivity contribution in [2.24, 2.45) is 16.1 Å². The molecule has 2 aliphatic carbocycles. The average Bonchev–Trinajstić information content (AvgIpc) is 2.94. The van der Waals surface area contributed by atoms with Crippen LogP contribution in [0.15, 0.2) is 83.0 Å². The van der Waals surface area contributed by atoms with Gasteiger partial charge in [-0.15, -0.1) is 0 Å². The van der Waals surface area contributed by atoms with Gasteiger partial charge in [-0.25, -0.2) is 0 Å². The van der Waals surface area contributed by atoms with Gasteiger partial charge < -0.3 is 0 Å². The second-order valence-corrected chi connectivity index (χ2v) is 5.90. The number of hydrogen-bond donors (Lipinski definition) is 0. The third-order valence-electron chi connectivity index (χ3n) is 4.42. The summed E-state index contributed by atoms with van der Waals surface area (Å²) in [7, 11) is 0. The molecule has 0 bridgehead atoms. The van der Waals surface area contributed by atoms with Crippen LogP contribution in [0.2, 0.25) is 0 Å². The van der Waals surface area contributed by atoms with Gasteiger partial charge in [0.05, 0.1) is 17.3 Å². The minimum Gasteiger partial charge on any atom is -0.293 e. The van der Waals surface area contributed by atoms with E-state index in [1.165, 1.54) is 0 Å². The number of benzene rings is 2. The number of rotatable bonds is 2. The number of ketones is 1. The maximum absolute atomic E-state index is 12.8. The third kappa shape index (κ3) is 2.35. The molecule has 0 N–H and O–H groups in total. The molecule has 0 amide bonds. The molecule has 116 valence electrons. The van der Waals surface area contributed by atoms with E-state index in [9.17, 15) is 4.79 Å². The lowest BCUT2D eigenvalue weighted by Gasteiger charge is -2.13. The zero-order valence-electron chi connectivity index (χ0n) is 13.3. The molecule has 0 saturated heterocycles. The van der Waals surface area contributed by atoms with Gasteiger partial charge in [-0.3, -0.25) is 4.79 Å². The fraction of sp³-hybridized carbons (Fsp3) is 0.0952. The van der Waals surface area contributed by atoms with Gasteiger partial charge in [0.2, 0.25) is 0 Å². The van der Waals surface area contributed by atoms with Crippen LogP contribution >= 0.6 is 0 Å². The van der Waals surface area contributed by atoms with Crippen molar-refractivity contribution in [3.63, 3.8) is 0 Å². The molecule has 24 heavy (non-hydrogen) atoms. The van der Waals surface area contributed by atoms with E-state index < -0.39 is 0 Å². The van der Waals surface area contributed by atoms with Gasteiger partial charge in [0, 0.05) is 5.56 Å². The van der Waals surface area contributed by atoms with Crippen molar-refractivity contribution in [1.82, 2.24) is 0 Å². The molecule has 0 heterocycles. The first-order chi connectivity index (χ1) is 11.8. The van der Waals surface area contributed by atoms with Crippen molar-refractivity contribution in [2.75, 3.05) is 0 Å². The van der Waals surface area contributed by atoms with E-state index in [0.717, 1.165) is 28.0 Å². The van der Waals surface area contributed by atoms with Gasteiger partial charge >= 0.3 is 0 Å². The molecular weight excluding hydrogens is 296 g/mol. The lowest BCUT2D eigenvalue weighted by atomic mass is 9.90. The first-order valence-corrected chi connectivity index (χ1v) is 7.95. The first-order valence-electron chi connectivity index (χ1n) is 7.95. The van der Waals surface area contributed by atoms with Crippen LogP contribution in [0.25, 0.3) is 5.57 Å². The predicted octanol–water partition coefficient (Wildman–Crippen LogP) is 4.32. The van der Waals surface area contributed by atoms with Crippen LogP contribution in [0, 0.1) is 5.92 Å². The van der Waals surface area contributed by atoms with Gasteiger partial charge in [-0.2, -0.15) is 10.2 Å². The first kappa shape index (κ1) is 14.5. The Labute approximate surface area is 140 Å². The number of carbonyl (C=O) groups excluding carboxylic acids is 1. The molecule has 4 rings (SSSR count). The molecule has 2 aliphatic rings. The van der Waals surface area contributed by atoms with Gasteiger partial charge in [-0.1, -0.05) is 66.7 Å². The molecule has 1 unspecified atom stereocenters. The monoisotopic (exact) mass is 312 g/mol. The number of Topliss-reactive ketones (excluding diaryl/α,β-unsaturated/α-hetero) is 1. The van der Waals surface area contributed by atoms with Gasteiger partial charge in [0.25, 0.3) is 0 Å². The molecule has 3 heteroatoms. The number of hydrogen-bond acceptors (Lipinski definition) is 3. The summed E-state index contributed by atoms with van der Waals surface area (Å²) in [5.74, 6) is -0.229. The molecular formula is C21H16N2O. The Kier molecular flexibility index (Phi) is 3.54. The molecule has 1 atom stereocenters. The summed E-state index contributed by atoms with van der Waals surface area (Å²) in [6.45, 7) is 1.92. The largest absolute Gasteiger partial charge is 0.293 e. The highest BCUT2D eigenvalue weighted by Crippen LogP contribution is 2.39. The Morgan fingerprint density at radius 2 is 1.67 bits per heavy atom. The van der Waals surface area contributed by atoms with E-state index in [2.05, 4.69) is 10.2 Å². The van der Waals surface area contributed by atoms with Gasteiger partial charge in [0.15, 0.2) is 5.78 Å². The summed E-state index contributed by atoms with van der Waals surface area (Å²) in [5.41, 5.74) is 5.35. The molecule has 0 saturated carbocycles. The lowest BCUT2D eigenvalue weighted by molar-refractivity contribution is 0.0983. The molecule has 3 nitrogen and oxygen atoms in total. The summed E-state index contributed by atoms with van der Waals surface area (Å²) in [6, 6.07) is 17.6. The zero-order chi connectivity index (χ0) is 16.5. The van der Waals surface area contributed by atoms with Crippen molar-refractivity contribution in [2.45, 2.75) is 6.92 Å². The summed E-state index contributed by atoms with van der Waals surface area (Å²) in [6.07, 6.45) is 5.81. The Bertz CT molecular complexity index is 933. The van der Waals surface area contributed by atoms with E-state index in [4.69, 9.17) is 0 Å². The molecule has 2 aromatic carbocycles. The number of carbonyl (C=O) groups is 1. The lowest BCUT2D eigenvalue weighted by Crippen LogP contribution is -2.20. The minimum absolute atomic E-state index is 0.104. The topological polar surface area (TPSA) is 41.8 Å². The molecule has 0 aromatic heterocycles. The second-order valence-electron chi connectivity index (χ2n) is 5.90. The minimum atomic E-state index is -0.334. The van der Waals surface area contributed by atoms with E-state index in [-0.39, 0.29) is 11.7 Å². The standard InChI is InChI=1S/C21H16N2O/c1-14(15-8-3-2-4-9-15)22-23-19-13-7-12-17-16-10-5-6-11-18(16)21(24)20(17)19/h2-13,20H,1H3. The van der Waals surface area contributed by atoms with Crippen molar-refractivity contribution >= 4 is 22.8 Å². The van der Waals surface area contributed by atoms with Crippen molar-refractivity contribution in [1.29, 1.82) is 0 Å². The molecule has 0 radical (unpaired) electrons. The van der Waals surface area contributed by atoms with Crippen LogP contribution in [-0.4, -0.2) is 17.2 Å². The summed E-state index contributed by atoms with van der Waals surface area (Å²) in [4.78, 5) is 12.8. The van der Waals surface area contributed by atoms with Crippen molar-refractivity contribution < 1.29 is 4.79 Å². The number of allylic oxidation sites excluding steroid dienone is 4. The highest BCUT2D eigenvalue weighted by atomic mass is 16.1. The Morgan fingerprint density at radius 1 is 0.958 bits per heavy atom. The van der Waals surface area contributed by atoms with Crippen molar-refractivity contribution in [3.8, 4) is 0 Å². The highest BCUT2D eigenvalue weighted by Gasteiger charge is 2.38. The van der Waals surface area contributed by atoms with Crippen LogP contribution < -0.4 is 0 Å². The normalized spacial score (nSPS) is 20.8. The SMILES string of the molecule is CC(=NN=C1C=CC=C2c3ccccc3C(=O)C21)c1ccccc1. The maximum atomic E-state index is 12.8. The van der Waals surface area contributed by atoms with E-state index in [1.54, 1.807) is 0 Å². The quantitative estimate of drug-likeness (QED) is 0.601. The highest BCUT2D eigenvalue weighted by molar-refractivity contribution is 6.29. The van der Waals surface area contributed by atoms with Crippen LogP contribution in [0.1, 0.15) is 28.4 Å². The van der Waals surface area contributed by atoms with Crippen LogP contribution in [0.5, 0.6) is 0 Å². The second kappa shape index (κ2) is 5.85. The number of fused-ring (bicyclic) bond motifs is 3. The fourth-order valence-corrected chi connectivity index (χ4v) is 3.19. The van der Waals surface area contributed by atoms with E-state index in [1.807, 2.05) is 79.7 Å². The Hall–Kier alpha value is -3.07. The van der Waals surface area contributed by atoms with E-state index >= 15 is 0 Å². The average molecular weight is 312 g/mol.